The summed E-state index contributed by atoms with van der Waals surface area (Å²) in [6, 6.07) is 6.36. The Kier molecular flexibility index (Phi) is 3.46. The molecule has 20 heavy (non-hydrogen) atoms. The number of hydrogen-bond acceptors (Lipinski definition) is 5. The first-order valence-electron chi connectivity index (χ1n) is 5.72. The first-order valence-corrected chi connectivity index (χ1v) is 6.52. The lowest BCUT2D eigenvalue weighted by Gasteiger charge is -2.08. The first-order chi connectivity index (χ1) is 9.74. The van der Waals surface area contributed by atoms with Crippen molar-refractivity contribution in [2.24, 2.45) is 0 Å². The molecule has 0 unspecified atom stereocenters. The number of hydrogen-bond donors (Lipinski definition) is 1. The van der Waals surface area contributed by atoms with Gasteiger partial charge in [0.15, 0.2) is 0 Å². The van der Waals surface area contributed by atoms with Crippen LogP contribution in [0.5, 0.6) is 0 Å². The molecule has 1 aromatic carbocycles. The van der Waals surface area contributed by atoms with Crippen molar-refractivity contribution in [1.82, 2.24) is 20.2 Å². The predicted molar refractivity (Wildman–Crippen MR) is 72.8 cm³/mol. The number of rotatable bonds is 4. The summed E-state index contributed by atoms with van der Waals surface area (Å²) in [6.45, 7) is 0.365. The van der Waals surface area contributed by atoms with Crippen molar-refractivity contribution in [3.8, 4) is 5.69 Å². The van der Waals surface area contributed by atoms with Gasteiger partial charge in [0.25, 0.3) is 0 Å². The van der Waals surface area contributed by atoms with Crippen LogP contribution in [0.25, 0.3) is 5.69 Å². The van der Waals surface area contributed by atoms with Gasteiger partial charge in [0, 0.05) is 0 Å². The average Bonchev–Trinajstić information content (AvgIpc) is 3.10. The topological polar surface area (TPSA) is 68.8 Å². The van der Waals surface area contributed by atoms with Crippen LogP contribution in [0.15, 0.2) is 45.7 Å². The van der Waals surface area contributed by atoms with Crippen molar-refractivity contribution in [3.05, 3.63) is 52.9 Å². The SMILES string of the molecule is Fc1ccc(-n2cnnn2)cc1NCc1occc1Br. The van der Waals surface area contributed by atoms with E-state index in [4.69, 9.17) is 4.42 Å². The summed E-state index contributed by atoms with van der Waals surface area (Å²) in [5.74, 6) is 0.335. The number of benzene rings is 1. The molecule has 6 nitrogen and oxygen atoms in total. The summed E-state index contributed by atoms with van der Waals surface area (Å²) in [5, 5.41) is 13.8. The van der Waals surface area contributed by atoms with E-state index in [-0.39, 0.29) is 5.82 Å². The average molecular weight is 338 g/mol. The summed E-state index contributed by atoms with van der Waals surface area (Å²) in [7, 11) is 0. The Bertz CT molecular complexity index is 712. The molecule has 0 amide bonds. The van der Waals surface area contributed by atoms with Crippen LogP contribution in [0.3, 0.4) is 0 Å². The number of anilines is 1. The highest BCUT2D eigenvalue weighted by Gasteiger charge is 2.08. The van der Waals surface area contributed by atoms with Crippen LogP contribution in [0.2, 0.25) is 0 Å². The fraction of sp³-hybridized carbons (Fsp3) is 0.0833. The molecule has 8 heteroatoms. The fourth-order valence-electron chi connectivity index (χ4n) is 1.70. The van der Waals surface area contributed by atoms with Crippen LogP contribution in [0.1, 0.15) is 5.76 Å². The third kappa shape index (κ3) is 2.55. The zero-order chi connectivity index (χ0) is 13.9. The normalized spacial score (nSPS) is 10.7. The van der Waals surface area contributed by atoms with Crippen molar-refractivity contribution in [1.29, 1.82) is 0 Å². The minimum absolute atomic E-state index is 0.348. The van der Waals surface area contributed by atoms with Crippen molar-refractivity contribution in [2.45, 2.75) is 6.54 Å². The Labute approximate surface area is 121 Å². The van der Waals surface area contributed by atoms with Gasteiger partial charge in [-0.05, 0) is 50.6 Å². The zero-order valence-corrected chi connectivity index (χ0v) is 11.7. The van der Waals surface area contributed by atoms with Gasteiger partial charge in [0.1, 0.15) is 17.9 Å². The second-order valence-electron chi connectivity index (χ2n) is 3.96. The molecular weight excluding hydrogens is 329 g/mol. The molecule has 0 aliphatic heterocycles. The molecule has 3 rings (SSSR count). The van der Waals surface area contributed by atoms with E-state index >= 15 is 0 Å². The van der Waals surface area contributed by atoms with Gasteiger partial charge < -0.3 is 9.73 Å². The van der Waals surface area contributed by atoms with Gasteiger partial charge in [-0.3, -0.25) is 0 Å². The lowest BCUT2D eigenvalue weighted by atomic mass is 10.2. The molecule has 3 aromatic rings. The highest BCUT2D eigenvalue weighted by Crippen LogP contribution is 2.22. The minimum atomic E-state index is -0.357. The fourth-order valence-corrected chi connectivity index (χ4v) is 2.04. The number of aromatic nitrogens is 4. The molecule has 0 bridgehead atoms. The molecule has 0 radical (unpaired) electrons. The molecule has 0 fully saturated rings. The Balaban J connectivity index is 1.82. The second kappa shape index (κ2) is 5.41. The highest BCUT2D eigenvalue weighted by atomic mass is 79.9. The summed E-state index contributed by atoms with van der Waals surface area (Å²) < 4.78 is 21.3. The Hall–Kier alpha value is -2.22. The molecule has 1 N–H and O–H groups in total. The molecule has 102 valence electrons. The van der Waals surface area contributed by atoms with Gasteiger partial charge in [0.05, 0.1) is 28.7 Å². The summed E-state index contributed by atoms with van der Waals surface area (Å²) in [4.78, 5) is 0. The molecule has 2 heterocycles. The Morgan fingerprint density at radius 1 is 1.35 bits per heavy atom. The van der Waals surface area contributed by atoms with E-state index in [1.54, 1.807) is 24.5 Å². The van der Waals surface area contributed by atoms with E-state index < -0.39 is 0 Å². The van der Waals surface area contributed by atoms with E-state index in [9.17, 15) is 4.39 Å². The number of nitrogens with zero attached hydrogens (tertiary/aromatic N) is 4. The second-order valence-corrected chi connectivity index (χ2v) is 4.82. The van der Waals surface area contributed by atoms with Crippen LogP contribution in [0.4, 0.5) is 10.1 Å². The number of nitrogens with one attached hydrogen (secondary N) is 1. The smallest absolute Gasteiger partial charge is 0.146 e. The maximum Gasteiger partial charge on any atom is 0.146 e. The van der Waals surface area contributed by atoms with E-state index in [1.807, 2.05) is 0 Å². The Morgan fingerprint density at radius 3 is 2.95 bits per heavy atom. The monoisotopic (exact) mass is 337 g/mol. The zero-order valence-electron chi connectivity index (χ0n) is 10.1. The van der Waals surface area contributed by atoms with Crippen molar-refractivity contribution in [3.63, 3.8) is 0 Å². The van der Waals surface area contributed by atoms with Crippen LogP contribution in [-0.2, 0) is 6.54 Å². The van der Waals surface area contributed by atoms with Crippen LogP contribution < -0.4 is 5.32 Å². The lowest BCUT2D eigenvalue weighted by molar-refractivity contribution is 0.515. The number of halogens is 2. The largest absolute Gasteiger partial charge is 0.466 e. The van der Waals surface area contributed by atoms with E-state index in [1.165, 1.54) is 17.1 Å². The van der Waals surface area contributed by atoms with Gasteiger partial charge in [-0.25, -0.2) is 9.07 Å². The van der Waals surface area contributed by atoms with Crippen molar-refractivity contribution >= 4 is 21.6 Å². The summed E-state index contributed by atoms with van der Waals surface area (Å²) >= 11 is 3.35. The first kappa shape index (κ1) is 12.8. The van der Waals surface area contributed by atoms with Gasteiger partial charge in [0.2, 0.25) is 0 Å². The molecular formula is C12H9BrFN5O. The van der Waals surface area contributed by atoms with Gasteiger partial charge in [-0.2, -0.15) is 0 Å². The van der Waals surface area contributed by atoms with Gasteiger partial charge in [-0.1, -0.05) is 0 Å². The number of tetrazole rings is 1. The molecule has 0 saturated heterocycles. The predicted octanol–water partition coefficient (Wildman–Crippen LogP) is 2.77. The molecule has 0 spiro atoms. The van der Waals surface area contributed by atoms with Crippen LogP contribution in [0, 0.1) is 5.82 Å². The maximum absolute atomic E-state index is 13.8. The quantitative estimate of drug-likeness (QED) is 0.792. The molecule has 0 aliphatic carbocycles. The Morgan fingerprint density at radius 2 is 2.25 bits per heavy atom. The standard InChI is InChI=1S/C12H9BrFN5O/c13-9-3-4-20-12(9)6-15-11-5-8(1-2-10(11)14)19-7-16-17-18-19/h1-5,7,15H,6H2. The maximum atomic E-state index is 13.8. The molecule has 0 aliphatic rings. The van der Waals surface area contributed by atoms with E-state index in [2.05, 4.69) is 36.8 Å². The van der Waals surface area contributed by atoms with Gasteiger partial charge in [-0.15, -0.1) is 5.10 Å². The summed E-state index contributed by atoms with van der Waals surface area (Å²) in [6.07, 6.45) is 3.01. The van der Waals surface area contributed by atoms with Crippen molar-refractivity contribution < 1.29 is 8.81 Å². The number of furan rings is 1. The molecule has 0 atom stereocenters. The lowest BCUT2D eigenvalue weighted by Crippen LogP contribution is -2.03. The molecule has 0 saturated carbocycles. The van der Waals surface area contributed by atoms with E-state index in [0.717, 1.165) is 4.47 Å². The summed E-state index contributed by atoms with van der Waals surface area (Å²) in [5.41, 5.74) is 1.01. The minimum Gasteiger partial charge on any atom is -0.466 e. The van der Waals surface area contributed by atoms with Crippen molar-refractivity contribution in [2.75, 3.05) is 5.32 Å². The molecule has 2 aromatic heterocycles. The third-order valence-electron chi connectivity index (χ3n) is 2.69. The third-order valence-corrected chi connectivity index (χ3v) is 3.40. The van der Waals surface area contributed by atoms with Gasteiger partial charge >= 0.3 is 0 Å². The van der Waals surface area contributed by atoms with Crippen LogP contribution in [-0.4, -0.2) is 20.2 Å². The van der Waals surface area contributed by atoms with Crippen LogP contribution >= 0.6 is 15.9 Å². The highest BCUT2D eigenvalue weighted by molar-refractivity contribution is 9.10. The van der Waals surface area contributed by atoms with E-state index in [0.29, 0.717) is 23.7 Å².